The second-order valence-electron chi connectivity index (χ2n) is 4.33. The number of aromatic carboxylic acids is 1. The Hall–Kier alpha value is -2.30. The predicted octanol–water partition coefficient (Wildman–Crippen LogP) is 3.60. The molecule has 2 rings (SSSR count). The zero-order valence-electron chi connectivity index (χ0n) is 10.6. The van der Waals surface area contributed by atoms with Crippen LogP contribution in [0.15, 0.2) is 34.7 Å². The molecule has 0 aliphatic carbocycles. The van der Waals surface area contributed by atoms with Crippen molar-refractivity contribution < 1.29 is 18.7 Å². The highest BCUT2D eigenvalue weighted by Gasteiger charge is 2.14. The molecule has 0 spiro atoms. The van der Waals surface area contributed by atoms with E-state index in [1.165, 1.54) is 18.2 Å². The number of hydrogen-bond acceptors (Lipinski definition) is 3. The number of hydrogen-bond donors (Lipinski definition) is 2. The van der Waals surface area contributed by atoms with E-state index in [1.807, 2.05) is 13.8 Å². The lowest BCUT2D eigenvalue weighted by Crippen LogP contribution is -2.07. The molecule has 4 nitrogen and oxygen atoms in total. The second kappa shape index (κ2) is 5.14. The molecular weight excluding hydrogens is 249 g/mol. The number of rotatable bonds is 4. The average Bonchev–Trinajstić information content (AvgIpc) is 2.83. The van der Waals surface area contributed by atoms with Crippen molar-refractivity contribution in [1.29, 1.82) is 0 Å². The fourth-order valence-electron chi connectivity index (χ4n) is 1.75. The number of anilines is 1. The summed E-state index contributed by atoms with van der Waals surface area (Å²) in [5, 5.41) is 11.9. The minimum absolute atomic E-state index is 0.111. The number of nitrogens with one attached hydrogen (secondary N) is 1. The molecule has 0 saturated carbocycles. The number of carboxylic acid groups (broad SMARTS) is 1. The van der Waals surface area contributed by atoms with Crippen molar-refractivity contribution in [1.82, 2.24) is 0 Å². The topological polar surface area (TPSA) is 62.5 Å². The molecule has 1 unspecified atom stereocenters. The highest BCUT2D eigenvalue weighted by molar-refractivity contribution is 5.84. The highest BCUT2D eigenvalue weighted by Crippen LogP contribution is 2.24. The minimum Gasteiger partial charge on any atom is -0.475 e. The molecule has 2 N–H and O–H groups in total. The maximum atomic E-state index is 13.2. The summed E-state index contributed by atoms with van der Waals surface area (Å²) < 4.78 is 18.4. The first-order chi connectivity index (χ1) is 8.97. The molecule has 0 saturated heterocycles. The van der Waals surface area contributed by atoms with Crippen LogP contribution in [0, 0.1) is 12.7 Å². The van der Waals surface area contributed by atoms with Gasteiger partial charge in [0.25, 0.3) is 0 Å². The van der Waals surface area contributed by atoms with E-state index in [9.17, 15) is 9.18 Å². The van der Waals surface area contributed by atoms with Gasteiger partial charge in [0, 0.05) is 5.69 Å². The average molecular weight is 263 g/mol. The van der Waals surface area contributed by atoms with Crippen LogP contribution >= 0.6 is 0 Å². The number of furan rings is 1. The molecule has 19 heavy (non-hydrogen) atoms. The Labute approximate surface area is 109 Å². The summed E-state index contributed by atoms with van der Waals surface area (Å²) >= 11 is 0. The molecule has 1 heterocycles. The molecule has 0 aliphatic heterocycles. The first kappa shape index (κ1) is 13.1. The van der Waals surface area contributed by atoms with E-state index in [-0.39, 0.29) is 17.6 Å². The van der Waals surface area contributed by atoms with Crippen LogP contribution in [0.4, 0.5) is 10.1 Å². The normalized spacial score (nSPS) is 12.2. The Morgan fingerprint density at radius 1 is 1.37 bits per heavy atom. The summed E-state index contributed by atoms with van der Waals surface area (Å²) in [7, 11) is 0. The molecule has 0 radical (unpaired) electrons. The first-order valence-corrected chi connectivity index (χ1v) is 5.83. The summed E-state index contributed by atoms with van der Waals surface area (Å²) in [5.74, 6) is -1.06. The molecule has 1 aromatic carbocycles. The van der Waals surface area contributed by atoms with E-state index in [0.717, 1.165) is 5.56 Å². The summed E-state index contributed by atoms with van der Waals surface area (Å²) in [5.41, 5.74) is 1.55. The third-order valence-corrected chi connectivity index (χ3v) is 2.84. The molecule has 0 amide bonds. The molecule has 1 aromatic heterocycles. The summed E-state index contributed by atoms with van der Waals surface area (Å²) in [6.45, 7) is 3.67. The maximum Gasteiger partial charge on any atom is 0.371 e. The van der Waals surface area contributed by atoms with Gasteiger partial charge in [-0.25, -0.2) is 9.18 Å². The van der Waals surface area contributed by atoms with Gasteiger partial charge in [-0.05, 0) is 43.7 Å². The van der Waals surface area contributed by atoms with Gasteiger partial charge in [0.05, 0.1) is 6.04 Å². The van der Waals surface area contributed by atoms with Crippen LogP contribution in [0.5, 0.6) is 0 Å². The van der Waals surface area contributed by atoms with Crippen LogP contribution in [0.3, 0.4) is 0 Å². The summed E-state index contributed by atoms with van der Waals surface area (Å²) in [4.78, 5) is 10.7. The van der Waals surface area contributed by atoms with Crippen LogP contribution in [-0.4, -0.2) is 11.1 Å². The highest BCUT2D eigenvalue weighted by atomic mass is 19.1. The number of halogens is 1. The van der Waals surface area contributed by atoms with Crippen LogP contribution in [0.2, 0.25) is 0 Å². The van der Waals surface area contributed by atoms with Gasteiger partial charge in [0.2, 0.25) is 5.76 Å². The summed E-state index contributed by atoms with van der Waals surface area (Å²) in [6, 6.07) is 7.20. The van der Waals surface area contributed by atoms with E-state index < -0.39 is 5.97 Å². The largest absolute Gasteiger partial charge is 0.475 e. The van der Waals surface area contributed by atoms with Gasteiger partial charge in [0.1, 0.15) is 11.6 Å². The Bertz CT molecular complexity index is 606. The molecule has 1 atom stereocenters. The van der Waals surface area contributed by atoms with Crippen LogP contribution in [0.25, 0.3) is 0 Å². The summed E-state index contributed by atoms with van der Waals surface area (Å²) in [6.07, 6.45) is 0. The Morgan fingerprint density at radius 3 is 2.74 bits per heavy atom. The van der Waals surface area contributed by atoms with Crippen molar-refractivity contribution in [2.75, 3.05) is 5.32 Å². The van der Waals surface area contributed by atoms with E-state index in [0.29, 0.717) is 11.4 Å². The Morgan fingerprint density at radius 2 is 2.11 bits per heavy atom. The maximum absolute atomic E-state index is 13.2. The molecule has 100 valence electrons. The third-order valence-electron chi connectivity index (χ3n) is 2.84. The van der Waals surface area contributed by atoms with Gasteiger partial charge >= 0.3 is 5.97 Å². The zero-order chi connectivity index (χ0) is 14.0. The van der Waals surface area contributed by atoms with Crippen molar-refractivity contribution >= 4 is 11.7 Å². The van der Waals surface area contributed by atoms with E-state index in [1.54, 1.807) is 12.1 Å². The molecule has 0 fully saturated rings. The van der Waals surface area contributed by atoms with Crippen molar-refractivity contribution in [3.8, 4) is 0 Å². The Kier molecular flexibility index (Phi) is 3.55. The van der Waals surface area contributed by atoms with Crippen molar-refractivity contribution in [3.05, 3.63) is 53.2 Å². The SMILES string of the molecule is Cc1ccc(F)cc1NC(C)c1ccc(C(=O)O)o1. The quantitative estimate of drug-likeness (QED) is 0.884. The van der Waals surface area contributed by atoms with E-state index in [4.69, 9.17) is 9.52 Å². The van der Waals surface area contributed by atoms with Gasteiger partial charge in [-0.2, -0.15) is 0 Å². The second-order valence-corrected chi connectivity index (χ2v) is 4.33. The molecule has 5 heteroatoms. The Balaban J connectivity index is 2.17. The van der Waals surface area contributed by atoms with Gasteiger partial charge in [-0.1, -0.05) is 6.07 Å². The number of carbonyl (C=O) groups is 1. The molecule has 2 aromatic rings. The van der Waals surface area contributed by atoms with Crippen LogP contribution in [-0.2, 0) is 0 Å². The van der Waals surface area contributed by atoms with E-state index >= 15 is 0 Å². The van der Waals surface area contributed by atoms with Gasteiger partial charge in [0.15, 0.2) is 0 Å². The lowest BCUT2D eigenvalue weighted by Gasteiger charge is -2.15. The first-order valence-electron chi connectivity index (χ1n) is 5.83. The van der Waals surface area contributed by atoms with Crippen LogP contribution < -0.4 is 5.32 Å². The fraction of sp³-hybridized carbons (Fsp3) is 0.214. The van der Waals surface area contributed by atoms with Gasteiger partial charge in [-0.15, -0.1) is 0 Å². The lowest BCUT2D eigenvalue weighted by atomic mass is 10.1. The number of carboxylic acids is 1. The predicted molar refractivity (Wildman–Crippen MR) is 68.8 cm³/mol. The lowest BCUT2D eigenvalue weighted by molar-refractivity contribution is 0.0660. The van der Waals surface area contributed by atoms with Crippen molar-refractivity contribution in [2.24, 2.45) is 0 Å². The van der Waals surface area contributed by atoms with Gasteiger partial charge < -0.3 is 14.8 Å². The molecule has 0 aliphatic rings. The standard InChI is InChI=1S/C14H14FNO3/c1-8-3-4-10(15)7-11(8)16-9(2)12-5-6-13(19-12)14(17)18/h3-7,9,16H,1-2H3,(H,17,18). The van der Waals surface area contributed by atoms with Gasteiger partial charge in [-0.3, -0.25) is 0 Å². The van der Waals surface area contributed by atoms with Crippen molar-refractivity contribution in [2.45, 2.75) is 19.9 Å². The molecule has 0 bridgehead atoms. The minimum atomic E-state index is -1.11. The smallest absolute Gasteiger partial charge is 0.371 e. The monoisotopic (exact) mass is 263 g/mol. The number of benzene rings is 1. The zero-order valence-corrected chi connectivity index (χ0v) is 10.6. The molecular formula is C14H14FNO3. The van der Waals surface area contributed by atoms with Crippen LogP contribution in [0.1, 0.15) is 34.8 Å². The van der Waals surface area contributed by atoms with E-state index in [2.05, 4.69) is 5.32 Å². The fourth-order valence-corrected chi connectivity index (χ4v) is 1.75. The third kappa shape index (κ3) is 2.93. The van der Waals surface area contributed by atoms with Crippen molar-refractivity contribution in [3.63, 3.8) is 0 Å². The number of aryl methyl sites for hydroxylation is 1.